The van der Waals surface area contributed by atoms with Crippen molar-refractivity contribution in [2.45, 2.75) is 37.8 Å². The number of anilines is 3. The molecule has 3 rings (SSSR count). The quantitative estimate of drug-likeness (QED) is 0.522. The third-order valence-electron chi connectivity index (χ3n) is 5.26. The fraction of sp³-hybridized carbons (Fsp3) is 0.429. The largest absolute Gasteiger partial charge is 0.495 e. The molecule has 1 aromatic carbocycles. The van der Waals surface area contributed by atoms with Gasteiger partial charge in [-0.3, -0.25) is 9.59 Å². The maximum Gasteiger partial charge on any atom is 0.271 e. The van der Waals surface area contributed by atoms with Crippen LogP contribution in [0, 0.1) is 0 Å². The Kier molecular flexibility index (Phi) is 6.91. The van der Waals surface area contributed by atoms with Crippen LogP contribution in [0.3, 0.4) is 0 Å². The van der Waals surface area contributed by atoms with Gasteiger partial charge in [0.1, 0.15) is 11.6 Å². The van der Waals surface area contributed by atoms with E-state index in [1.165, 1.54) is 18.2 Å². The van der Waals surface area contributed by atoms with E-state index < -0.39 is 5.91 Å². The Morgan fingerprint density at radius 3 is 2.61 bits per heavy atom. The van der Waals surface area contributed by atoms with Crippen molar-refractivity contribution in [3.05, 3.63) is 35.7 Å². The molecule has 1 aliphatic carbocycles. The number of nitrogens with zero attached hydrogens (tertiary/aromatic N) is 3. The standard InChI is InChI=1S/C21H29N7O3/c1-28(2)21(30)12-8-9-16(31-3)15(10-12)26-20-18(19(23)29)24-11-17(27-20)25-14-7-5-4-6-13(14)22/h8-11,13-14H,4-7,22H2,1-3H3,(H2,23,29)(H2,25,26,27). The van der Waals surface area contributed by atoms with Crippen LogP contribution in [-0.4, -0.2) is 60.0 Å². The number of nitrogens with one attached hydrogen (secondary N) is 2. The number of ether oxygens (including phenoxy) is 1. The Labute approximate surface area is 181 Å². The molecular weight excluding hydrogens is 398 g/mol. The van der Waals surface area contributed by atoms with Gasteiger partial charge in [-0.2, -0.15) is 0 Å². The predicted octanol–water partition coefficient (Wildman–Crippen LogP) is 1.71. The normalized spacial score (nSPS) is 18.2. The van der Waals surface area contributed by atoms with E-state index in [1.807, 2.05) is 0 Å². The summed E-state index contributed by atoms with van der Waals surface area (Å²) in [6.07, 6.45) is 5.55. The molecule has 10 heteroatoms. The molecule has 1 fully saturated rings. The topological polar surface area (TPSA) is 148 Å². The molecule has 0 spiro atoms. The average Bonchev–Trinajstić information content (AvgIpc) is 2.74. The lowest BCUT2D eigenvalue weighted by Gasteiger charge is -2.29. The van der Waals surface area contributed by atoms with Crippen LogP contribution in [0.1, 0.15) is 46.5 Å². The van der Waals surface area contributed by atoms with Gasteiger partial charge in [0, 0.05) is 31.7 Å². The van der Waals surface area contributed by atoms with Gasteiger partial charge in [-0.1, -0.05) is 12.8 Å². The molecule has 0 bridgehead atoms. The van der Waals surface area contributed by atoms with Crippen LogP contribution >= 0.6 is 0 Å². The Hall–Kier alpha value is -3.40. The Morgan fingerprint density at radius 1 is 1.23 bits per heavy atom. The number of hydrogen-bond donors (Lipinski definition) is 4. The van der Waals surface area contributed by atoms with E-state index in [0.29, 0.717) is 22.8 Å². The molecular formula is C21H29N7O3. The molecule has 0 aliphatic heterocycles. The molecule has 1 heterocycles. The Bertz CT molecular complexity index is 964. The number of primary amides is 1. The lowest BCUT2D eigenvalue weighted by molar-refractivity contribution is 0.0827. The Balaban J connectivity index is 1.94. The lowest BCUT2D eigenvalue weighted by atomic mass is 9.91. The van der Waals surface area contributed by atoms with Gasteiger partial charge < -0.3 is 31.7 Å². The van der Waals surface area contributed by atoms with Gasteiger partial charge in [-0.15, -0.1) is 0 Å². The predicted molar refractivity (Wildman–Crippen MR) is 119 cm³/mol. The summed E-state index contributed by atoms with van der Waals surface area (Å²) in [6, 6.07) is 5.06. The van der Waals surface area contributed by atoms with Crippen LogP contribution in [0.25, 0.3) is 0 Å². The number of carbonyl (C=O) groups is 2. The van der Waals surface area contributed by atoms with Crippen LogP contribution in [0.2, 0.25) is 0 Å². The number of benzene rings is 1. The average molecular weight is 428 g/mol. The van der Waals surface area contributed by atoms with E-state index >= 15 is 0 Å². The van der Waals surface area contributed by atoms with Crippen molar-refractivity contribution in [1.29, 1.82) is 0 Å². The second kappa shape index (κ2) is 9.61. The summed E-state index contributed by atoms with van der Waals surface area (Å²) in [6.45, 7) is 0. The SMILES string of the molecule is COc1ccc(C(=O)N(C)C)cc1Nc1nc(NC2CCCCC2N)cnc1C(N)=O. The number of amides is 2. The molecule has 0 radical (unpaired) electrons. The summed E-state index contributed by atoms with van der Waals surface area (Å²) >= 11 is 0. The molecule has 6 N–H and O–H groups in total. The molecule has 1 aliphatic rings. The minimum Gasteiger partial charge on any atom is -0.495 e. The zero-order valence-corrected chi connectivity index (χ0v) is 18.0. The van der Waals surface area contributed by atoms with Gasteiger partial charge >= 0.3 is 0 Å². The summed E-state index contributed by atoms with van der Waals surface area (Å²) in [5.41, 5.74) is 12.6. The zero-order chi connectivity index (χ0) is 22.5. The third-order valence-corrected chi connectivity index (χ3v) is 5.26. The molecule has 2 unspecified atom stereocenters. The zero-order valence-electron chi connectivity index (χ0n) is 18.0. The molecule has 2 aromatic rings. The number of methoxy groups -OCH3 is 1. The van der Waals surface area contributed by atoms with Gasteiger partial charge in [0.2, 0.25) is 0 Å². The van der Waals surface area contributed by atoms with E-state index in [0.717, 1.165) is 25.7 Å². The van der Waals surface area contributed by atoms with E-state index in [-0.39, 0.29) is 29.5 Å². The molecule has 0 saturated heterocycles. The molecule has 31 heavy (non-hydrogen) atoms. The first-order valence-electron chi connectivity index (χ1n) is 10.2. The van der Waals surface area contributed by atoms with E-state index in [2.05, 4.69) is 20.6 Å². The van der Waals surface area contributed by atoms with Crippen LogP contribution in [0.5, 0.6) is 5.75 Å². The van der Waals surface area contributed by atoms with Gasteiger partial charge in [0.25, 0.3) is 11.8 Å². The monoisotopic (exact) mass is 427 g/mol. The molecule has 1 saturated carbocycles. The van der Waals surface area contributed by atoms with Crippen molar-refractivity contribution in [3.63, 3.8) is 0 Å². The van der Waals surface area contributed by atoms with Crippen LogP contribution in [-0.2, 0) is 0 Å². The number of nitrogens with two attached hydrogens (primary N) is 2. The van der Waals surface area contributed by atoms with Gasteiger partial charge in [0.15, 0.2) is 11.5 Å². The van der Waals surface area contributed by atoms with Crippen molar-refractivity contribution >= 4 is 29.1 Å². The first kappa shape index (κ1) is 22.3. The van der Waals surface area contributed by atoms with Gasteiger partial charge in [-0.05, 0) is 31.0 Å². The minimum atomic E-state index is -0.726. The number of rotatable bonds is 7. The van der Waals surface area contributed by atoms with E-state index in [4.69, 9.17) is 16.2 Å². The fourth-order valence-electron chi connectivity index (χ4n) is 3.58. The highest BCUT2D eigenvalue weighted by atomic mass is 16.5. The first-order valence-corrected chi connectivity index (χ1v) is 10.2. The van der Waals surface area contributed by atoms with E-state index in [9.17, 15) is 9.59 Å². The number of carbonyl (C=O) groups excluding carboxylic acids is 2. The molecule has 2 atom stereocenters. The highest BCUT2D eigenvalue weighted by Crippen LogP contribution is 2.30. The second-order valence-electron chi connectivity index (χ2n) is 7.76. The van der Waals surface area contributed by atoms with E-state index in [1.54, 1.807) is 32.3 Å². The molecule has 2 amide bonds. The minimum absolute atomic E-state index is 0.0233. The second-order valence-corrected chi connectivity index (χ2v) is 7.76. The highest BCUT2D eigenvalue weighted by Gasteiger charge is 2.23. The number of hydrogen-bond acceptors (Lipinski definition) is 8. The maximum atomic E-state index is 12.4. The van der Waals surface area contributed by atoms with Crippen LogP contribution < -0.4 is 26.8 Å². The van der Waals surface area contributed by atoms with Crippen molar-refractivity contribution in [3.8, 4) is 5.75 Å². The van der Waals surface area contributed by atoms with Gasteiger partial charge in [-0.25, -0.2) is 9.97 Å². The summed E-state index contributed by atoms with van der Waals surface area (Å²) in [4.78, 5) is 34.5. The summed E-state index contributed by atoms with van der Waals surface area (Å²) < 4.78 is 5.39. The lowest BCUT2D eigenvalue weighted by Crippen LogP contribution is -2.42. The fourth-order valence-corrected chi connectivity index (χ4v) is 3.58. The number of aromatic nitrogens is 2. The van der Waals surface area contributed by atoms with Crippen molar-refractivity contribution < 1.29 is 14.3 Å². The molecule has 1 aromatic heterocycles. The van der Waals surface area contributed by atoms with Crippen molar-refractivity contribution in [2.75, 3.05) is 31.8 Å². The third kappa shape index (κ3) is 5.21. The van der Waals surface area contributed by atoms with Crippen LogP contribution in [0.4, 0.5) is 17.3 Å². The Morgan fingerprint density at radius 2 is 1.97 bits per heavy atom. The summed E-state index contributed by atoms with van der Waals surface area (Å²) in [7, 11) is 4.85. The summed E-state index contributed by atoms with van der Waals surface area (Å²) in [5, 5.41) is 6.37. The molecule has 10 nitrogen and oxygen atoms in total. The highest BCUT2D eigenvalue weighted by molar-refractivity contribution is 5.98. The maximum absolute atomic E-state index is 12.4. The summed E-state index contributed by atoms with van der Waals surface area (Å²) in [5.74, 6) is 0.216. The smallest absolute Gasteiger partial charge is 0.271 e. The van der Waals surface area contributed by atoms with Crippen LogP contribution in [0.15, 0.2) is 24.4 Å². The van der Waals surface area contributed by atoms with Crippen molar-refractivity contribution in [1.82, 2.24) is 14.9 Å². The molecule has 166 valence electrons. The van der Waals surface area contributed by atoms with Crippen molar-refractivity contribution in [2.24, 2.45) is 11.5 Å². The van der Waals surface area contributed by atoms with Gasteiger partial charge in [0.05, 0.1) is 19.0 Å². The first-order chi connectivity index (χ1) is 14.8.